The average Bonchev–Trinajstić information content (AvgIpc) is 2.97. The molecule has 1 aromatic rings. The van der Waals surface area contributed by atoms with Crippen LogP contribution in [0.2, 0.25) is 0 Å². The molecule has 0 spiro atoms. The van der Waals surface area contributed by atoms with Crippen LogP contribution in [0.4, 0.5) is 0 Å². The molecule has 2 unspecified atom stereocenters. The van der Waals surface area contributed by atoms with Crippen molar-refractivity contribution in [2.45, 2.75) is 25.3 Å². The van der Waals surface area contributed by atoms with Gasteiger partial charge in [-0.1, -0.05) is 6.07 Å². The zero-order valence-electron chi connectivity index (χ0n) is 13.2. The molecule has 0 bridgehead atoms. The minimum Gasteiger partial charge on any atom is -0.497 e. The van der Waals surface area contributed by atoms with Gasteiger partial charge in [0.15, 0.2) is 0 Å². The van der Waals surface area contributed by atoms with Gasteiger partial charge in [-0.25, -0.2) is 0 Å². The fourth-order valence-corrected chi connectivity index (χ4v) is 2.63. The van der Waals surface area contributed by atoms with Crippen LogP contribution in [0.5, 0.6) is 5.75 Å². The molecule has 4 N–H and O–H groups in total. The first-order valence-electron chi connectivity index (χ1n) is 7.55. The normalized spacial score (nSPS) is 19.6. The lowest BCUT2D eigenvalue weighted by Gasteiger charge is -2.11. The van der Waals surface area contributed by atoms with Crippen LogP contribution in [0.15, 0.2) is 24.3 Å². The maximum Gasteiger partial charge on any atom is 0.251 e. The summed E-state index contributed by atoms with van der Waals surface area (Å²) in [7, 11) is 1.56. The summed E-state index contributed by atoms with van der Waals surface area (Å²) in [6, 6.07) is 7.08. The van der Waals surface area contributed by atoms with Gasteiger partial charge in [0.2, 0.25) is 5.91 Å². The number of nitrogens with two attached hydrogens (primary N) is 1. The standard InChI is InChI=1S/C16H23N3O3.ClH/c1-22-14-4-2-3-11(10-14)15(20)18-7-8-19-16(21)12-5-6-13(17)9-12;/h2-4,10,12-13H,5-9,17H2,1H3,(H,18,20)(H,19,21);1H. The van der Waals surface area contributed by atoms with Gasteiger partial charge in [0.05, 0.1) is 7.11 Å². The predicted molar refractivity (Wildman–Crippen MR) is 90.9 cm³/mol. The Morgan fingerprint density at radius 2 is 2.00 bits per heavy atom. The van der Waals surface area contributed by atoms with Crippen molar-refractivity contribution in [1.82, 2.24) is 10.6 Å². The number of nitrogens with one attached hydrogen (secondary N) is 2. The molecule has 0 saturated heterocycles. The third-order valence-corrected chi connectivity index (χ3v) is 3.89. The molecule has 23 heavy (non-hydrogen) atoms. The Balaban J connectivity index is 0.00000264. The maximum atomic E-state index is 12.0. The highest BCUT2D eigenvalue weighted by atomic mass is 35.5. The molecule has 1 fully saturated rings. The van der Waals surface area contributed by atoms with Crippen molar-refractivity contribution in [2.75, 3.05) is 20.2 Å². The number of amides is 2. The Bertz CT molecular complexity index is 539. The molecular weight excluding hydrogens is 318 g/mol. The number of carbonyl (C=O) groups excluding carboxylic acids is 2. The first kappa shape index (κ1) is 19.3. The smallest absolute Gasteiger partial charge is 0.251 e. The highest BCUT2D eigenvalue weighted by Gasteiger charge is 2.27. The maximum absolute atomic E-state index is 12.0. The van der Waals surface area contributed by atoms with Gasteiger partial charge in [-0.3, -0.25) is 9.59 Å². The minimum absolute atomic E-state index is 0. The van der Waals surface area contributed by atoms with Crippen LogP contribution in [0.3, 0.4) is 0 Å². The highest BCUT2D eigenvalue weighted by molar-refractivity contribution is 5.94. The van der Waals surface area contributed by atoms with Crippen molar-refractivity contribution in [3.8, 4) is 5.75 Å². The van der Waals surface area contributed by atoms with Gasteiger partial charge in [0, 0.05) is 30.6 Å². The Morgan fingerprint density at radius 3 is 2.65 bits per heavy atom. The number of methoxy groups -OCH3 is 1. The molecule has 1 aromatic carbocycles. The number of hydrogen-bond acceptors (Lipinski definition) is 4. The van der Waals surface area contributed by atoms with E-state index in [1.807, 2.05) is 0 Å². The van der Waals surface area contributed by atoms with Crippen molar-refractivity contribution >= 4 is 24.2 Å². The Hall–Kier alpha value is -1.79. The summed E-state index contributed by atoms with van der Waals surface area (Å²) in [5, 5.41) is 5.61. The Labute approximate surface area is 142 Å². The van der Waals surface area contributed by atoms with Crippen LogP contribution in [-0.2, 0) is 4.79 Å². The molecule has 128 valence electrons. The summed E-state index contributed by atoms with van der Waals surface area (Å²) in [4.78, 5) is 23.9. The lowest BCUT2D eigenvalue weighted by molar-refractivity contribution is -0.124. The van der Waals surface area contributed by atoms with E-state index in [0.717, 1.165) is 19.3 Å². The van der Waals surface area contributed by atoms with Crippen molar-refractivity contribution in [2.24, 2.45) is 11.7 Å². The molecule has 1 aliphatic carbocycles. The quantitative estimate of drug-likeness (QED) is 0.675. The minimum atomic E-state index is -0.184. The monoisotopic (exact) mass is 341 g/mol. The van der Waals surface area contributed by atoms with Gasteiger partial charge < -0.3 is 21.1 Å². The van der Waals surface area contributed by atoms with E-state index in [-0.39, 0.29) is 36.2 Å². The number of halogens is 1. The van der Waals surface area contributed by atoms with Crippen LogP contribution in [0, 0.1) is 5.92 Å². The first-order valence-corrected chi connectivity index (χ1v) is 7.55. The van der Waals surface area contributed by atoms with Gasteiger partial charge in [0.25, 0.3) is 5.91 Å². The topological polar surface area (TPSA) is 93.5 Å². The van der Waals surface area contributed by atoms with Gasteiger partial charge in [-0.05, 0) is 37.5 Å². The summed E-state index contributed by atoms with van der Waals surface area (Å²) >= 11 is 0. The lowest BCUT2D eigenvalue weighted by atomic mass is 10.1. The van der Waals surface area contributed by atoms with E-state index in [4.69, 9.17) is 10.5 Å². The third-order valence-electron chi connectivity index (χ3n) is 3.89. The molecule has 0 heterocycles. The van der Waals surface area contributed by atoms with E-state index in [2.05, 4.69) is 10.6 Å². The molecule has 2 rings (SSSR count). The largest absolute Gasteiger partial charge is 0.497 e. The molecule has 2 amide bonds. The second kappa shape index (κ2) is 9.37. The SMILES string of the molecule is COc1cccc(C(=O)NCCNC(=O)C2CCC(N)C2)c1.Cl. The van der Waals surface area contributed by atoms with E-state index in [0.29, 0.717) is 24.4 Å². The van der Waals surface area contributed by atoms with E-state index >= 15 is 0 Å². The van der Waals surface area contributed by atoms with Crippen LogP contribution in [-0.4, -0.2) is 38.1 Å². The fraction of sp³-hybridized carbons (Fsp3) is 0.500. The summed E-state index contributed by atoms with van der Waals surface area (Å²) < 4.78 is 5.08. The third kappa shape index (κ3) is 5.73. The molecule has 2 atom stereocenters. The molecule has 0 aromatic heterocycles. The van der Waals surface area contributed by atoms with Crippen LogP contribution < -0.4 is 21.1 Å². The predicted octanol–water partition coefficient (Wildman–Crippen LogP) is 1.09. The van der Waals surface area contributed by atoms with E-state index < -0.39 is 0 Å². The molecule has 0 aliphatic heterocycles. The van der Waals surface area contributed by atoms with Crippen LogP contribution in [0.1, 0.15) is 29.6 Å². The second-order valence-corrected chi connectivity index (χ2v) is 5.55. The summed E-state index contributed by atoms with van der Waals surface area (Å²) in [5.41, 5.74) is 6.33. The number of carbonyl (C=O) groups is 2. The summed E-state index contributed by atoms with van der Waals surface area (Å²) in [5.74, 6) is 0.502. The molecule has 7 heteroatoms. The fourth-order valence-electron chi connectivity index (χ4n) is 2.63. The van der Waals surface area contributed by atoms with Crippen molar-refractivity contribution in [1.29, 1.82) is 0 Å². The zero-order valence-corrected chi connectivity index (χ0v) is 14.0. The second-order valence-electron chi connectivity index (χ2n) is 5.55. The van der Waals surface area contributed by atoms with Gasteiger partial charge in [0.1, 0.15) is 5.75 Å². The van der Waals surface area contributed by atoms with E-state index in [9.17, 15) is 9.59 Å². The van der Waals surface area contributed by atoms with E-state index in [1.165, 1.54) is 0 Å². The zero-order chi connectivity index (χ0) is 15.9. The molecule has 1 aliphatic rings. The van der Waals surface area contributed by atoms with Gasteiger partial charge in [-0.15, -0.1) is 12.4 Å². The van der Waals surface area contributed by atoms with Crippen LogP contribution in [0.25, 0.3) is 0 Å². The summed E-state index contributed by atoms with van der Waals surface area (Å²) in [6.45, 7) is 0.806. The highest BCUT2D eigenvalue weighted by Crippen LogP contribution is 2.23. The Kier molecular flexibility index (Phi) is 7.85. The first-order chi connectivity index (χ1) is 10.6. The molecule has 6 nitrogen and oxygen atoms in total. The molecule has 1 saturated carbocycles. The average molecular weight is 342 g/mol. The number of hydrogen-bond donors (Lipinski definition) is 3. The molecule has 0 radical (unpaired) electrons. The number of benzene rings is 1. The molecular formula is C16H24ClN3O3. The Morgan fingerprint density at radius 1 is 1.26 bits per heavy atom. The van der Waals surface area contributed by atoms with E-state index in [1.54, 1.807) is 31.4 Å². The van der Waals surface area contributed by atoms with Gasteiger partial charge >= 0.3 is 0 Å². The number of rotatable bonds is 6. The number of ether oxygens (including phenoxy) is 1. The summed E-state index contributed by atoms with van der Waals surface area (Å²) in [6.07, 6.45) is 2.51. The van der Waals surface area contributed by atoms with Crippen molar-refractivity contribution in [3.05, 3.63) is 29.8 Å². The van der Waals surface area contributed by atoms with Crippen LogP contribution >= 0.6 is 12.4 Å². The van der Waals surface area contributed by atoms with Crippen molar-refractivity contribution in [3.63, 3.8) is 0 Å². The lowest BCUT2D eigenvalue weighted by Crippen LogP contribution is -2.37. The van der Waals surface area contributed by atoms with Crippen molar-refractivity contribution < 1.29 is 14.3 Å². The van der Waals surface area contributed by atoms with Gasteiger partial charge in [-0.2, -0.15) is 0 Å².